The Morgan fingerprint density at radius 3 is 3.08 bits per heavy atom. The van der Waals surface area contributed by atoms with Crippen molar-refractivity contribution in [3.05, 3.63) is 22.4 Å². The van der Waals surface area contributed by atoms with Crippen LogP contribution in [0, 0.1) is 0 Å². The molecule has 0 aliphatic carbocycles. The van der Waals surface area contributed by atoms with E-state index < -0.39 is 0 Å². The van der Waals surface area contributed by atoms with Crippen LogP contribution < -0.4 is 0 Å². The first kappa shape index (κ1) is 10.2. The lowest BCUT2D eigenvalue weighted by Gasteiger charge is -2.06. The number of halogens is 1. The van der Waals surface area contributed by atoms with E-state index in [1.165, 1.54) is 5.56 Å². The van der Waals surface area contributed by atoms with Gasteiger partial charge in [0.05, 0.1) is 13.2 Å². The molecule has 0 aliphatic rings. The largest absolute Gasteiger partial charge is 0.376 e. The molecule has 0 bridgehead atoms. The van der Waals surface area contributed by atoms with E-state index in [1.807, 2.05) is 0 Å². The van der Waals surface area contributed by atoms with Gasteiger partial charge in [0.2, 0.25) is 0 Å². The van der Waals surface area contributed by atoms with Crippen LogP contribution in [-0.2, 0) is 11.3 Å². The molecule has 1 heterocycles. The Morgan fingerprint density at radius 2 is 2.50 bits per heavy atom. The van der Waals surface area contributed by atoms with Crippen LogP contribution in [0.5, 0.6) is 0 Å². The first-order chi connectivity index (χ1) is 5.83. The highest BCUT2D eigenvalue weighted by molar-refractivity contribution is 9.09. The maximum absolute atomic E-state index is 5.49. The topological polar surface area (TPSA) is 9.23 Å². The summed E-state index contributed by atoms with van der Waals surface area (Å²) in [5, 5.41) is 4.19. The second-order valence-electron chi connectivity index (χ2n) is 2.65. The monoisotopic (exact) mass is 248 g/mol. The second kappa shape index (κ2) is 5.73. The van der Waals surface area contributed by atoms with Crippen molar-refractivity contribution in [2.75, 3.05) is 6.61 Å². The first-order valence-electron chi connectivity index (χ1n) is 4.05. The average Bonchev–Trinajstić information content (AvgIpc) is 2.57. The molecule has 0 N–H and O–H groups in total. The van der Waals surface area contributed by atoms with E-state index in [0.29, 0.717) is 4.83 Å². The molecule has 0 aliphatic heterocycles. The van der Waals surface area contributed by atoms with Crippen LogP contribution in [0.1, 0.15) is 18.9 Å². The molecule has 0 fully saturated rings. The van der Waals surface area contributed by atoms with Gasteiger partial charge in [-0.3, -0.25) is 0 Å². The molecule has 1 unspecified atom stereocenters. The van der Waals surface area contributed by atoms with Crippen LogP contribution in [-0.4, -0.2) is 11.4 Å². The minimum absolute atomic E-state index is 0.496. The molecular formula is C9H13BrOS. The summed E-state index contributed by atoms with van der Waals surface area (Å²) in [6.45, 7) is 3.69. The Bertz CT molecular complexity index is 198. The van der Waals surface area contributed by atoms with Crippen molar-refractivity contribution in [3.63, 3.8) is 0 Å². The SMILES string of the molecule is CCC(Br)COCc1ccsc1. The third-order valence-electron chi connectivity index (χ3n) is 1.59. The number of hydrogen-bond acceptors (Lipinski definition) is 2. The van der Waals surface area contributed by atoms with Crippen molar-refractivity contribution >= 4 is 27.3 Å². The first-order valence-corrected chi connectivity index (χ1v) is 5.91. The molecule has 0 saturated carbocycles. The zero-order valence-electron chi connectivity index (χ0n) is 7.13. The van der Waals surface area contributed by atoms with Gasteiger partial charge in [-0.15, -0.1) is 0 Å². The zero-order chi connectivity index (χ0) is 8.81. The van der Waals surface area contributed by atoms with Crippen molar-refractivity contribution in [2.45, 2.75) is 24.8 Å². The summed E-state index contributed by atoms with van der Waals surface area (Å²) in [4.78, 5) is 0.496. The lowest BCUT2D eigenvalue weighted by molar-refractivity contribution is 0.122. The molecule has 0 saturated heterocycles. The molecule has 68 valence electrons. The van der Waals surface area contributed by atoms with E-state index in [4.69, 9.17) is 4.74 Å². The van der Waals surface area contributed by atoms with Gasteiger partial charge in [0, 0.05) is 4.83 Å². The van der Waals surface area contributed by atoms with E-state index in [1.54, 1.807) is 11.3 Å². The van der Waals surface area contributed by atoms with Crippen molar-refractivity contribution < 1.29 is 4.74 Å². The Balaban J connectivity index is 2.11. The van der Waals surface area contributed by atoms with E-state index in [9.17, 15) is 0 Å². The highest BCUT2D eigenvalue weighted by Crippen LogP contribution is 2.09. The van der Waals surface area contributed by atoms with Gasteiger partial charge >= 0.3 is 0 Å². The minimum atomic E-state index is 0.496. The molecule has 1 aromatic heterocycles. The summed E-state index contributed by atoms with van der Waals surface area (Å²) < 4.78 is 5.49. The maximum atomic E-state index is 5.49. The minimum Gasteiger partial charge on any atom is -0.376 e. The Hall–Kier alpha value is 0.140. The summed E-state index contributed by atoms with van der Waals surface area (Å²) in [6.07, 6.45) is 1.11. The smallest absolute Gasteiger partial charge is 0.0725 e. The van der Waals surface area contributed by atoms with E-state index in [2.05, 4.69) is 39.7 Å². The molecule has 1 nitrogen and oxygen atoms in total. The highest BCUT2D eigenvalue weighted by Gasteiger charge is 2.00. The van der Waals surface area contributed by atoms with Crippen LogP contribution in [0.3, 0.4) is 0 Å². The second-order valence-corrected chi connectivity index (χ2v) is 4.73. The predicted molar refractivity (Wildman–Crippen MR) is 57.0 cm³/mol. The lowest BCUT2D eigenvalue weighted by Crippen LogP contribution is -2.06. The molecule has 0 radical (unpaired) electrons. The van der Waals surface area contributed by atoms with E-state index in [0.717, 1.165) is 19.6 Å². The molecule has 0 spiro atoms. The van der Waals surface area contributed by atoms with Crippen LogP contribution in [0.2, 0.25) is 0 Å². The van der Waals surface area contributed by atoms with Crippen molar-refractivity contribution in [1.29, 1.82) is 0 Å². The van der Waals surface area contributed by atoms with Gasteiger partial charge in [0.1, 0.15) is 0 Å². The van der Waals surface area contributed by atoms with Crippen LogP contribution >= 0.6 is 27.3 Å². The fourth-order valence-corrected chi connectivity index (χ4v) is 1.64. The maximum Gasteiger partial charge on any atom is 0.0725 e. The van der Waals surface area contributed by atoms with Crippen LogP contribution in [0.25, 0.3) is 0 Å². The summed E-state index contributed by atoms with van der Waals surface area (Å²) in [5.74, 6) is 0. The quantitative estimate of drug-likeness (QED) is 0.726. The number of alkyl halides is 1. The number of rotatable bonds is 5. The number of thiophene rings is 1. The van der Waals surface area contributed by atoms with Gasteiger partial charge in [-0.2, -0.15) is 11.3 Å². The fourth-order valence-electron chi connectivity index (χ4n) is 0.797. The average molecular weight is 249 g/mol. The van der Waals surface area contributed by atoms with E-state index in [-0.39, 0.29) is 0 Å². The van der Waals surface area contributed by atoms with Crippen molar-refractivity contribution in [2.24, 2.45) is 0 Å². The summed E-state index contributed by atoms with van der Waals surface area (Å²) in [7, 11) is 0. The Morgan fingerprint density at radius 1 is 1.67 bits per heavy atom. The Labute approximate surface area is 85.9 Å². The highest BCUT2D eigenvalue weighted by atomic mass is 79.9. The lowest BCUT2D eigenvalue weighted by atomic mass is 10.3. The molecule has 1 atom stereocenters. The number of hydrogen-bond donors (Lipinski definition) is 0. The van der Waals surface area contributed by atoms with E-state index >= 15 is 0 Å². The zero-order valence-corrected chi connectivity index (χ0v) is 9.53. The predicted octanol–water partition coefficient (Wildman–Crippen LogP) is 3.44. The summed E-state index contributed by atoms with van der Waals surface area (Å²) in [5.41, 5.74) is 1.27. The van der Waals surface area contributed by atoms with Crippen molar-refractivity contribution in [3.8, 4) is 0 Å². The molecule has 1 rings (SSSR count). The molecule has 0 aromatic carbocycles. The van der Waals surface area contributed by atoms with Crippen LogP contribution in [0.15, 0.2) is 16.8 Å². The van der Waals surface area contributed by atoms with Gasteiger partial charge in [0.25, 0.3) is 0 Å². The third kappa shape index (κ3) is 3.70. The standard InChI is InChI=1S/C9H13BrOS/c1-2-9(10)6-11-5-8-3-4-12-7-8/h3-4,7,9H,2,5-6H2,1H3. The van der Waals surface area contributed by atoms with Gasteiger partial charge in [-0.25, -0.2) is 0 Å². The molecule has 3 heteroatoms. The fraction of sp³-hybridized carbons (Fsp3) is 0.556. The van der Waals surface area contributed by atoms with Gasteiger partial charge in [-0.1, -0.05) is 22.9 Å². The molecule has 1 aromatic rings. The molecular weight excluding hydrogens is 236 g/mol. The Kier molecular flexibility index (Phi) is 4.88. The molecule has 0 amide bonds. The van der Waals surface area contributed by atoms with Crippen molar-refractivity contribution in [1.82, 2.24) is 0 Å². The normalized spacial score (nSPS) is 13.2. The molecule has 12 heavy (non-hydrogen) atoms. The van der Waals surface area contributed by atoms with Gasteiger partial charge < -0.3 is 4.74 Å². The third-order valence-corrected chi connectivity index (χ3v) is 3.23. The summed E-state index contributed by atoms with van der Waals surface area (Å²) in [6, 6.07) is 2.10. The van der Waals surface area contributed by atoms with Crippen LogP contribution in [0.4, 0.5) is 0 Å². The summed E-state index contributed by atoms with van der Waals surface area (Å²) >= 11 is 5.23. The number of ether oxygens (including phenoxy) is 1. The van der Waals surface area contributed by atoms with Gasteiger partial charge in [0.15, 0.2) is 0 Å². The van der Waals surface area contributed by atoms with Gasteiger partial charge in [-0.05, 0) is 28.8 Å².